The van der Waals surface area contributed by atoms with Gasteiger partial charge in [-0.2, -0.15) is 0 Å². The fourth-order valence-corrected chi connectivity index (χ4v) is 2.30. The lowest BCUT2D eigenvalue weighted by Gasteiger charge is -2.27. The fourth-order valence-electron chi connectivity index (χ4n) is 2.30. The summed E-state index contributed by atoms with van der Waals surface area (Å²) in [6.07, 6.45) is 2.31. The minimum atomic E-state index is -0.643. The number of hydrogen-bond acceptors (Lipinski definition) is 1. The van der Waals surface area contributed by atoms with Gasteiger partial charge >= 0.3 is 6.03 Å². The van der Waals surface area contributed by atoms with Gasteiger partial charge in [-0.05, 0) is 38.7 Å². The van der Waals surface area contributed by atoms with Crippen LogP contribution in [0.1, 0.15) is 38.3 Å². The zero-order chi connectivity index (χ0) is 14.9. The van der Waals surface area contributed by atoms with Gasteiger partial charge in [-0.15, -0.1) is 0 Å². The molecule has 1 aliphatic carbocycles. The van der Waals surface area contributed by atoms with E-state index < -0.39 is 17.7 Å². The SMILES string of the molecule is CC(NC(=O)N(C)C(C)C1CC1)c1ccc(F)cc1F. The summed E-state index contributed by atoms with van der Waals surface area (Å²) >= 11 is 0. The van der Waals surface area contributed by atoms with E-state index in [0.717, 1.165) is 18.9 Å². The number of urea groups is 1. The van der Waals surface area contributed by atoms with Crippen molar-refractivity contribution < 1.29 is 13.6 Å². The average molecular weight is 282 g/mol. The van der Waals surface area contributed by atoms with Crippen molar-refractivity contribution in [3.8, 4) is 0 Å². The van der Waals surface area contributed by atoms with Crippen molar-refractivity contribution in [1.82, 2.24) is 10.2 Å². The van der Waals surface area contributed by atoms with Gasteiger partial charge in [0.2, 0.25) is 0 Å². The second-order valence-electron chi connectivity index (χ2n) is 5.53. The van der Waals surface area contributed by atoms with E-state index in [-0.39, 0.29) is 17.6 Å². The Labute approximate surface area is 118 Å². The fraction of sp³-hybridized carbons (Fsp3) is 0.533. The average Bonchev–Trinajstić information content (AvgIpc) is 3.20. The molecule has 5 heteroatoms. The normalized spacial score (nSPS) is 17.4. The second kappa shape index (κ2) is 5.77. The van der Waals surface area contributed by atoms with Gasteiger partial charge in [0.05, 0.1) is 6.04 Å². The van der Waals surface area contributed by atoms with Crippen molar-refractivity contribution in [3.05, 3.63) is 35.4 Å². The van der Waals surface area contributed by atoms with Gasteiger partial charge in [0.15, 0.2) is 0 Å². The first-order valence-corrected chi connectivity index (χ1v) is 6.88. The standard InChI is InChI=1S/C15H20F2N2O/c1-9(13-7-6-12(16)8-14(13)17)18-15(20)19(3)10(2)11-4-5-11/h6-11H,4-5H2,1-3H3,(H,18,20). The number of nitrogens with one attached hydrogen (secondary N) is 1. The smallest absolute Gasteiger partial charge is 0.317 e. The van der Waals surface area contributed by atoms with Crippen molar-refractivity contribution in [1.29, 1.82) is 0 Å². The highest BCUT2D eigenvalue weighted by atomic mass is 19.1. The number of carbonyl (C=O) groups is 1. The van der Waals surface area contributed by atoms with E-state index in [1.54, 1.807) is 18.9 Å². The van der Waals surface area contributed by atoms with E-state index in [1.165, 1.54) is 12.1 Å². The molecule has 1 aliphatic rings. The lowest BCUT2D eigenvalue weighted by Crippen LogP contribution is -2.44. The van der Waals surface area contributed by atoms with Gasteiger partial charge < -0.3 is 10.2 Å². The number of hydrogen-bond donors (Lipinski definition) is 1. The van der Waals surface area contributed by atoms with Crippen molar-refractivity contribution >= 4 is 6.03 Å². The highest BCUT2D eigenvalue weighted by Crippen LogP contribution is 2.34. The maximum Gasteiger partial charge on any atom is 0.317 e. The first-order valence-electron chi connectivity index (χ1n) is 6.88. The zero-order valence-corrected chi connectivity index (χ0v) is 12.0. The molecule has 1 N–H and O–H groups in total. The summed E-state index contributed by atoms with van der Waals surface area (Å²) in [7, 11) is 1.74. The molecule has 2 rings (SSSR count). The molecule has 3 nitrogen and oxygen atoms in total. The van der Waals surface area contributed by atoms with Crippen LogP contribution >= 0.6 is 0 Å². The van der Waals surface area contributed by atoms with Crippen molar-refractivity contribution in [3.63, 3.8) is 0 Å². The third kappa shape index (κ3) is 3.26. The monoisotopic (exact) mass is 282 g/mol. The van der Waals surface area contributed by atoms with Crippen molar-refractivity contribution in [2.24, 2.45) is 5.92 Å². The Morgan fingerprint density at radius 3 is 2.55 bits per heavy atom. The largest absolute Gasteiger partial charge is 0.331 e. The molecule has 0 spiro atoms. The Morgan fingerprint density at radius 2 is 2.00 bits per heavy atom. The topological polar surface area (TPSA) is 32.3 Å². The molecule has 0 saturated heterocycles. The van der Waals surface area contributed by atoms with Gasteiger partial charge in [-0.25, -0.2) is 13.6 Å². The molecule has 1 fully saturated rings. The van der Waals surface area contributed by atoms with Crippen LogP contribution in [0, 0.1) is 17.6 Å². The maximum absolute atomic E-state index is 13.6. The van der Waals surface area contributed by atoms with Gasteiger partial charge in [0, 0.05) is 24.7 Å². The molecule has 0 radical (unpaired) electrons. The van der Waals surface area contributed by atoms with Gasteiger partial charge in [-0.1, -0.05) is 6.07 Å². The summed E-state index contributed by atoms with van der Waals surface area (Å²) in [5.74, 6) is -0.691. The Balaban J connectivity index is 1.99. The van der Waals surface area contributed by atoms with E-state index in [1.807, 2.05) is 6.92 Å². The van der Waals surface area contributed by atoms with Crippen LogP contribution in [0.3, 0.4) is 0 Å². The summed E-state index contributed by atoms with van der Waals surface area (Å²) in [6, 6.07) is 2.82. The molecule has 2 amide bonds. The summed E-state index contributed by atoms with van der Waals surface area (Å²) < 4.78 is 26.5. The van der Waals surface area contributed by atoms with Crippen LogP contribution in [0.4, 0.5) is 13.6 Å². The molecule has 2 unspecified atom stereocenters. The van der Waals surface area contributed by atoms with Crippen molar-refractivity contribution in [2.75, 3.05) is 7.05 Å². The number of carbonyl (C=O) groups excluding carboxylic acids is 1. The zero-order valence-electron chi connectivity index (χ0n) is 12.0. The summed E-state index contributed by atoms with van der Waals surface area (Å²) in [5.41, 5.74) is 0.284. The van der Waals surface area contributed by atoms with Crippen LogP contribution in [-0.4, -0.2) is 24.0 Å². The van der Waals surface area contributed by atoms with Crippen molar-refractivity contribution in [2.45, 2.75) is 38.8 Å². The van der Waals surface area contributed by atoms with E-state index >= 15 is 0 Å². The molecular weight excluding hydrogens is 262 g/mol. The molecule has 20 heavy (non-hydrogen) atoms. The minimum absolute atomic E-state index is 0.181. The van der Waals surface area contributed by atoms with E-state index in [0.29, 0.717) is 5.92 Å². The molecule has 0 aliphatic heterocycles. The van der Waals surface area contributed by atoms with Crippen LogP contribution in [0.5, 0.6) is 0 Å². The molecule has 0 aromatic heterocycles. The predicted octanol–water partition coefficient (Wildman–Crippen LogP) is 3.47. The third-order valence-electron chi connectivity index (χ3n) is 4.00. The van der Waals surface area contributed by atoms with E-state index in [9.17, 15) is 13.6 Å². The Kier molecular flexibility index (Phi) is 4.26. The number of halogens is 2. The molecular formula is C15H20F2N2O. The third-order valence-corrected chi connectivity index (χ3v) is 4.00. The van der Waals surface area contributed by atoms with Gasteiger partial charge in [-0.3, -0.25) is 0 Å². The molecule has 110 valence electrons. The highest BCUT2D eigenvalue weighted by molar-refractivity contribution is 5.74. The van der Waals surface area contributed by atoms with Gasteiger partial charge in [0.25, 0.3) is 0 Å². The highest BCUT2D eigenvalue weighted by Gasteiger charge is 2.32. The van der Waals surface area contributed by atoms with E-state index in [4.69, 9.17) is 0 Å². The summed E-state index contributed by atoms with van der Waals surface area (Å²) in [4.78, 5) is 13.7. The van der Waals surface area contributed by atoms with Crippen LogP contribution in [0.2, 0.25) is 0 Å². The maximum atomic E-state index is 13.6. The lowest BCUT2D eigenvalue weighted by atomic mass is 10.1. The molecule has 0 heterocycles. The van der Waals surface area contributed by atoms with Crippen LogP contribution in [0.15, 0.2) is 18.2 Å². The Morgan fingerprint density at radius 1 is 1.35 bits per heavy atom. The molecule has 0 bridgehead atoms. The lowest BCUT2D eigenvalue weighted by molar-refractivity contribution is 0.184. The number of benzene rings is 1. The number of rotatable bonds is 4. The quantitative estimate of drug-likeness (QED) is 0.901. The van der Waals surface area contributed by atoms with Crippen LogP contribution in [0.25, 0.3) is 0 Å². The molecule has 1 saturated carbocycles. The summed E-state index contributed by atoms with van der Waals surface area (Å²) in [5, 5.41) is 2.74. The van der Waals surface area contributed by atoms with Crippen LogP contribution < -0.4 is 5.32 Å². The Bertz CT molecular complexity index is 503. The molecule has 2 atom stereocenters. The minimum Gasteiger partial charge on any atom is -0.331 e. The second-order valence-corrected chi connectivity index (χ2v) is 5.53. The first-order chi connectivity index (χ1) is 9.40. The molecule has 1 aromatic carbocycles. The van der Waals surface area contributed by atoms with E-state index in [2.05, 4.69) is 5.32 Å². The van der Waals surface area contributed by atoms with Crippen LogP contribution in [-0.2, 0) is 0 Å². The molecule has 1 aromatic rings. The summed E-state index contributed by atoms with van der Waals surface area (Å²) in [6.45, 7) is 3.70. The number of amides is 2. The predicted molar refractivity (Wildman–Crippen MR) is 73.3 cm³/mol. The van der Waals surface area contributed by atoms with Gasteiger partial charge in [0.1, 0.15) is 11.6 Å². The number of nitrogens with zero attached hydrogens (tertiary/aromatic N) is 1. The Hall–Kier alpha value is -1.65. The first kappa shape index (κ1) is 14.8.